The van der Waals surface area contributed by atoms with E-state index < -0.39 is 11.1 Å². The highest BCUT2D eigenvalue weighted by Crippen LogP contribution is 2.06. The average Bonchev–Trinajstić information content (AvgIpc) is 2.02. The fourth-order valence-electron chi connectivity index (χ4n) is 1.18. The molecule has 0 bridgehead atoms. The lowest BCUT2D eigenvalue weighted by molar-refractivity contribution is 0.530. The molecule has 0 aliphatic rings. The Kier molecular flexibility index (Phi) is 9.28. The molecule has 0 saturated heterocycles. The van der Waals surface area contributed by atoms with Gasteiger partial charge in [-0.15, -0.1) is 0 Å². The van der Waals surface area contributed by atoms with Gasteiger partial charge < -0.3 is 4.55 Å². The van der Waals surface area contributed by atoms with E-state index in [2.05, 4.69) is 6.92 Å². The maximum atomic E-state index is 10.1. The summed E-state index contributed by atoms with van der Waals surface area (Å²) in [6, 6.07) is 0. The number of hydrogen-bond donors (Lipinski definition) is 0. The molecule has 0 rings (SSSR count). The van der Waals surface area contributed by atoms with Gasteiger partial charge in [0.25, 0.3) is 0 Å². The van der Waals surface area contributed by atoms with Crippen LogP contribution >= 0.6 is 0 Å². The zero-order chi connectivity index (χ0) is 9.23. The number of rotatable bonds is 8. The molecule has 0 fully saturated rings. The second-order valence-electron chi connectivity index (χ2n) is 3.13. The van der Waals surface area contributed by atoms with E-state index in [1.54, 1.807) is 0 Å². The first-order valence-electron chi connectivity index (χ1n) is 4.83. The highest BCUT2D eigenvalue weighted by atomic mass is 32.2. The maximum Gasteiger partial charge on any atom is 0.0102 e. The highest BCUT2D eigenvalue weighted by molar-refractivity contribution is 7.79. The Morgan fingerprint density at radius 3 is 2.00 bits per heavy atom. The molecular weight excluding hydrogens is 172 g/mol. The third kappa shape index (κ3) is 10.1. The molecular formula is C9H19O2S-. The van der Waals surface area contributed by atoms with Crippen LogP contribution in [0.2, 0.25) is 0 Å². The van der Waals surface area contributed by atoms with Gasteiger partial charge in [0.15, 0.2) is 0 Å². The lowest BCUT2D eigenvalue weighted by Crippen LogP contribution is -1.94. The van der Waals surface area contributed by atoms with Gasteiger partial charge in [-0.25, -0.2) is 0 Å². The molecule has 0 aliphatic carbocycles. The van der Waals surface area contributed by atoms with Gasteiger partial charge in [0.1, 0.15) is 0 Å². The molecule has 0 spiro atoms. The summed E-state index contributed by atoms with van der Waals surface area (Å²) >= 11 is -1.82. The molecule has 12 heavy (non-hydrogen) atoms. The highest BCUT2D eigenvalue weighted by Gasteiger charge is 1.90. The monoisotopic (exact) mass is 191 g/mol. The molecule has 0 amide bonds. The summed E-state index contributed by atoms with van der Waals surface area (Å²) in [5, 5.41) is 0. The lowest BCUT2D eigenvalue weighted by Gasteiger charge is -2.03. The Balaban J connectivity index is 2.86. The van der Waals surface area contributed by atoms with Gasteiger partial charge in [0.2, 0.25) is 0 Å². The van der Waals surface area contributed by atoms with E-state index in [1.807, 2.05) is 0 Å². The predicted molar refractivity (Wildman–Crippen MR) is 51.8 cm³/mol. The lowest BCUT2D eigenvalue weighted by atomic mass is 10.1. The zero-order valence-corrected chi connectivity index (χ0v) is 8.70. The van der Waals surface area contributed by atoms with Gasteiger partial charge in [-0.3, -0.25) is 4.21 Å². The fraction of sp³-hybridized carbons (Fsp3) is 1.00. The van der Waals surface area contributed by atoms with E-state index in [0.29, 0.717) is 5.75 Å². The summed E-state index contributed by atoms with van der Waals surface area (Å²) in [7, 11) is 0. The third-order valence-electron chi connectivity index (χ3n) is 1.91. The maximum absolute atomic E-state index is 10.1. The van der Waals surface area contributed by atoms with Crippen molar-refractivity contribution in [3.63, 3.8) is 0 Å². The molecule has 1 unspecified atom stereocenters. The normalized spacial score (nSPS) is 13.2. The van der Waals surface area contributed by atoms with Crippen molar-refractivity contribution in [2.45, 2.75) is 51.9 Å². The summed E-state index contributed by atoms with van der Waals surface area (Å²) < 4.78 is 20.3. The molecule has 3 heteroatoms. The minimum Gasteiger partial charge on any atom is -0.772 e. The molecule has 0 aromatic heterocycles. The van der Waals surface area contributed by atoms with Crippen LogP contribution in [0, 0.1) is 0 Å². The van der Waals surface area contributed by atoms with Crippen LogP contribution in [0.4, 0.5) is 0 Å². The predicted octanol–water partition coefficient (Wildman–Crippen LogP) is 2.62. The van der Waals surface area contributed by atoms with Gasteiger partial charge in [-0.1, -0.05) is 56.5 Å². The van der Waals surface area contributed by atoms with Crippen molar-refractivity contribution in [2.75, 3.05) is 5.75 Å². The van der Waals surface area contributed by atoms with Crippen molar-refractivity contribution in [3.05, 3.63) is 0 Å². The number of hydrogen-bond acceptors (Lipinski definition) is 2. The van der Waals surface area contributed by atoms with E-state index in [-0.39, 0.29) is 0 Å². The van der Waals surface area contributed by atoms with E-state index in [9.17, 15) is 8.76 Å². The molecule has 0 saturated carbocycles. The summed E-state index contributed by atoms with van der Waals surface area (Å²) in [5.74, 6) is 0.341. The van der Waals surface area contributed by atoms with Gasteiger partial charge in [0, 0.05) is 5.75 Å². The standard InChI is InChI=1S/C9H20O2S/c1-2-3-4-5-6-7-8-9-12(10)11/h2-9H2,1H3,(H,10,11)/p-1. The Labute approximate surface area is 78.0 Å². The van der Waals surface area contributed by atoms with Crippen molar-refractivity contribution in [2.24, 2.45) is 0 Å². The van der Waals surface area contributed by atoms with Gasteiger partial charge >= 0.3 is 0 Å². The van der Waals surface area contributed by atoms with Crippen LogP contribution in [-0.2, 0) is 11.1 Å². The first-order chi connectivity index (χ1) is 5.77. The molecule has 0 heterocycles. The Morgan fingerprint density at radius 2 is 1.50 bits per heavy atom. The van der Waals surface area contributed by atoms with Crippen molar-refractivity contribution in [1.29, 1.82) is 0 Å². The molecule has 0 aromatic carbocycles. The van der Waals surface area contributed by atoms with Crippen LogP contribution in [-0.4, -0.2) is 14.5 Å². The second kappa shape index (κ2) is 9.20. The van der Waals surface area contributed by atoms with Crippen molar-refractivity contribution >= 4 is 11.1 Å². The topological polar surface area (TPSA) is 40.1 Å². The van der Waals surface area contributed by atoms with Gasteiger partial charge in [-0.05, 0) is 6.42 Å². The molecule has 0 N–H and O–H groups in total. The van der Waals surface area contributed by atoms with E-state index in [4.69, 9.17) is 0 Å². The van der Waals surface area contributed by atoms with E-state index in [0.717, 1.165) is 12.8 Å². The van der Waals surface area contributed by atoms with Crippen molar-refractivity contribution in [1.82, 2.24) is 0 Å². The number of unbranched alkanes of at least 4 members (excludes halogenated alkanes) is 6. The minimum absolute atomic E-state index is 0.341. The summed E-state index contributed by atoms with van der Waals surface area (Å²) in [6.07, 6.45) is 8.24. The molecule has 1 atom stereocenters. The van der Waals surface area contributed by atoms with Crippen LogP contribution in [0.15, 0.2) is 0 Å². The molecule has 0 aliphatic heterocycles. The fourth-order valence-corrected chi connectivity index (χ4v) is 1.62. The second-order valence-corrected chi connectivity index (χ2v) is 4.14. The van der Waals surface area contributed by atoms with Gasteiger partial charge in [0.05, 0.1) is 0 Å². The van der Waals surface area contributed by atoms with Crippen LogP contribution in [0.5, 0.6) is 0 Å². The molecule has 2 nitrogen and oxygen atoms in total. The van der Waals surface area contributed by atoms with Crippen molar-refractivity contribution < 1.29 is 8.76 Å². The summed E-state index contributed by atoms with van der Waals surface area (Å²) in [5.41, 5.74) is 0. The largest absolute Gasteiger partial charge is 0.772 e. The van der Waals surface area contributed by atoms with E-state index in [1.165, 1.54) is 32.1 Å². The third-order valence-corrected chi connectivity index (χ3v) is 2.54. The molecule has 0 radical (unpaired) electrons. The van der Waals surface area contributed by atoms with Crippen LogP contribution in [0.1, 0.15) is 51.9 Å². The van der Waals surface area contributed by atoms with Crippen LogP contribution < -0.4 is 0 Å². The molecule has 74 valence electrons. The Hall–Kier alpha value is 0.110. The smallest absolute Gasteiger partial charge is 0.0102 e. The quantitative estimate of drug-likeness (QED) is 0.437. The molecule has 0 aromatic rings. The van der Waals surface area contributed by atoms with E-state index >= 15 is 0 Å². The Morgan fingerprint density at radius 1 is 1.00 bits per heavy atom. The average molecular weight is 191 g/mol. The first-order valence-corrected chi connectivity index (χ1v) is 6.07. The van der Waals surface area contributed by atoms with Crippen LogP contribution in [0.25, 0.3) is 0 Å². The Bertz CT molecular complexity index is 115. The van der Waals surface area contributed by atoms with Crippen molar-refractivity contribution in [3.8, 4) is 0 Å². The SMILES string of the molecule is CCCCCCCCCS(=O)[O-]. The first kappa shape index (κ1) is 12.1. The van der Waals surface area contributed by atoms with Gasteiger partial charge in [-0.2, -0.15) is 0 Å². The zero-order valence-electron chi connectivity index (χ0n) is 7.88. The minimum atomic E-state index is -1.82. The summed E-state index contributed by atoms with van der Waals surface area (Å²) in [4.78, 5) is 0. The summed E-state index contributed by atoms with van der Waals surface area (Å²) in [6.45, 7) is 2.20. The van der Waals surface area contributed by atoms with Crippen LogP contribution in [0.3, 0.4) is 0 Å².